The lowest BCUT2D eigenvalue weighted by Gasteiger charge is -2.15. The summed E-state index contributed by atoms with van der Waals surface area (Å²) < 4.78 is 13.2. The van der Waals surface area contributed by atoms with E-state index >= 15 is 0 Å². The van der Waals surface area contributed by atoms with Crippen molar-refractivity contribution in [2.24, 2.45) is 11.8 Å². The first-order valence-electron chi connectivity index (χ1n) is 9.44. The summed E-state index contributed by atoms with van der Waals surface area (Å²) in [7, 11) is 0. The first-order chi connectivity index (χ1) is 14.4. The van der Waals surface area contributed by atoms with Crippen molar-refractivity contribution in [3.8, 4) is 0 Å². The number of halogens is 2. The van der Waals surface area contributed by atoms with Crippen molar-refractivity contribution in [1.82, 2.24) is 0 Å². The number of fused-ring (bicyclic) bond motifs is 1. The Morgan fingerprint density at radius 1 is 1.07 bits per heavy atom. The average Bonchev–Trinajstić information content (AvgIpc) is 3.00. The van der Waals surface area contributed by atoms with Gasteiger partial charge in [0.05, 0.1) is 28.3 Å². The summed E-state index contributed by atoms with van der Waals surface area (Å²) in [4.78, 5) is 39.5. The molecule has 1 fully saturated rings. The van der Waals surface area contributed by atoms with Gasteiger partial charge in [-0.15, -0.1) is 11.8 Å². The number of nitrogens with zero attached hydrogens (tertiary/aromatic N) is 1. The highest BCUT2D eigenvalue weighted by atomic mass is 35.5. The van der Waals surface area contributed by atoms with Crippen LogP contribution in [0, 0.1) is 17.7 Å². The first kappa shape index (κ1) is 20.6. The highest BCUT2D eigenvalue weighted by Crippen LogP contribution is 2.38. The Morgan fingerprint density at radius 3 is 2.30 bits per heavy atom. The number of allylic oxidation sites excluding steroid dienone is 2. The topological polar surface area (TPSA) is 66.5 Å². The molecule has 8 heteroatoms. The molecule has 1 heterocycles. The zero-order chi connectivity index (χ0) is 21.3. The van der Waals surface area contributed by atoms with E-state index in [0.29, 0.717) is 24.2 Å². The van der Waals surface area contributed by atoms with E-state index in [4.69, 9.17) is 11.6 Å². The monoisotopic (exact) mass is 444 g/mol. The minimum Gasteiger partial charge on any atom is -0.325 e. The van der Waals surface area contributed by atoms with Crippen molar-refractivity contribution in [2.45, 2.75) is 17.7 Å². The minimum absolute atomic E-state index is 0.0577. The summed E-state index contributed by atoms with van der Waals surface area (Å²) in [5, 5.41) is 2.60. The maximum absolute atomic E-state index is 13.2. The number of carbonyl (C=O) groups is 3. The molecule has 5 nitrogen and oxygen atoms in total. The summed E-state index contributed by atoms with van der Waals surface area (Å²) in [6.07, 6.45) is 5.13. The van der Waals surface area contributed by atoms with Crippen molar-refractivity contribution in [2.75, 3.05) is 16.0 Å². The molecule has 0 spiro atoms. The maximum Gasteiger partial charge on any atom is 0.238 e. The fourth-order valence-corrected chi connectivity index (χ4v) is 4.55. The Balaban J connectivity index is 1.36. The normalized spacial score (nSPS) is 20.4. The van der Waals surface area contributed by atoms with Crippen molar-refractivity contribution in [1.29, 1.82) is 0 Å². The van der Waals surface area contributed by atoms with Crippen LogP contribution in [0.5, 0.6) is 0 Å². The number of thioether (sulfide) groups is 1. The van der Waals surface area contributed by atoms with E-state index in [0.717, 1.165) is 4.90 Å². The molecule has 0 saturated carbocycles. The summed E-state index contributed by atoms with van der Waals surface area (Å²) in [5.41, 5.74) is 0.971. The van der Waals surface area contributed by atoms with Gasteiger partial charge in [-0.25, -0.2) is 4.39 Å². The van der Waals surface area contributed by atoms with Gasteiger partial charge in [0.1, 0.15) is 5.82 Å². The molecule has 0 unspecified atom stereocenters. The standard InChI is InChI=1S/C22H18ClFN2O3S/c23-18-11-13(5-10-19(18)24)25-20(27)12-30-15-8-6-14(7-9-15)26-21(28)16-3-1-2-4-17(16)22(26)29/h1-2,5-11,16-17H,3-4,12H2,(H,25,27)/t16-,17-/m0/s1. The third kappa shape index (κ3) is 4.13. The van der Waals surface area contributed by atoms with E-state index in [1.807, 2.05) is 12.2 Å². The van der Waals surface area contributed by atoms with Gasteiger partial charge in [-0.1, -0.05) is 23.8 Å². The van der Waals surface area contributed by atoms with Crippen molar-refractivity contribution in [3.05, 3.63) is 65.5 Å². The van der Waals surface area contributed by atoms with Crippen LogP contribution in [0.25, 0.3) is 0 Å². The van der Waals surface area contributed by atoms with E-state index < -0.39 is 5.82 Å². The van der Waals surface area contributed by atoms with Crippen LogP contribution in [0.4, 0.5) is 15.8 Å². The number of rotatable bonds is 5. The molecule has 0 bridgehead atoms. The molecule has 30 heavy (non-hydrogen) atoms. The number of anilines is 2. The zero-order valence-corrected chi connectivity index (χ0v) is 17.4. The third-order valence-corrected chi connectivity index (χ3v) is 6.48. The van der Waals surface area contributed by atoms with Crippen LogP contribution < -0.4 is 10.2 Å². The molecular weight excluding hydrogens is 427 g/mol. The SMILES string of the molecule is O=C(CSc1ccc(N2C(=O)[C@H]3CC=CC[C@@H]3C2=O)cc1)Nc1ccc(F)c(Cl)c1. The lowest BCUT2D eigenvalue weighted by Crippen LogP contribution is -2.30. The largest absolute Gasteiger partial charge is 0.325 e. The first-order valence-corrected chi connectivity index (χ1v) is 10.8. The molecule has 0 aromatic heterocycles. The molecule has 1 aliphatic heterocycles. The van der Waals surface area contributed by atoms with E-state index in [2.05, 4.69) is 5.32 Å². The molecule has 2 aliphatic rings. The Hall–Kier alpha value is -2.64. The van der Waals surface area contributed by atoms with Crippen LogP contribution in [-0.2, 0) is 14.4 Å². The molecule has 1 N–H and O–H groups in total. The Morgan fingerprint density at radius 2 is 1.70 bits per heavy atom. The molecule has 4 rings (SSSR count). The molecule has 2 aromatic carbocycles. The number of hydrogen-bond acceptors (Lipinski definition) is 4. The summed E-state index contributed by atoms with van der Waals surface area (Å²) >= 11 is 7.02. The maximum atomic E-state index is 13.2. The Bertz CT molecular complexity index is 1020. The highest BCUT2D eigenvalue weighted by Gasteiger charge is 2.47. The van der Waals surface area contributed by atoms with Crippen molar-refractivity contribution in [3.63, 3.8) is 0 Å². The lowest BCUT2D eigenvalue weighted by molar-refractivity contribution is -0.122. The van der Waals surface area contributed by atoms with E-state index in [9.17, 15) is 18.8 Å². The van der Waals surface area contributed by atoms with Gasteiger partial charge in [-0.3, -0.25) is 19.3 Å². The predicted molar refractivity (Wildman–Crippen MR) is 115 cm³/mol. The van der Waals surface area contributed by atoms with E-state index in [1.54, 1.807) is 24.3 Å². The third-order valence-electron chi connectivity index (χ3n) is 5.18. The van der Waals surface area contributed by atoms with Crippen LogP contribution >= 0.6 is 23.4 Å². The minimum atomic E-state index is -0.547. The van der Waals surface area contributed by atoms with Gasteiger partial charge >= 0.3 is 0 Å². The van der Waals surface area contributed by atoms with Gasteiger partial charge < -0.3 is 5.32 Å². The van der Waals surface area contributed by atoms with Crippen LogP contribution in [0.2, 0.25) is 5.02 Å². The van der Waals surface area contributed by atoms with Gasteiger partial charge in [0.2, 0.25) is 17.7 Å². The number of benzene rings is 2. The molecule has 0 radical (unpaired) electrons. The van der Waals surface area contributed by atoms with Gasteiger partial charge in [-0.2, -0.15) is 0 Å². The highest BCUT2D eigenvalue weighted by molar-refractivity contribution is 8.00. The lowest BCUT2D eigenvalue weighted by atomic mass is 9.85. The van der Waals surface area contributed by atoms with Gasteiger partial charge in [0.15, 0.2) is 0 Å². The second-order valence-corrected chi connectivity index (χ2v) is 8.58. The number of hydrogen-bond donors (Lipinski definition) is 1. The van der Waals surface area contributed by atoms with Crippen LogP contribution in [-0.4, -0.2) is 23.5 Å². The molecule has 1 saturated heterocycles. The van der Waals surface area contributed by atoms with Crippen LogP contribution in [0.3, 0.4) is 0 Å². The molecule has 1 aliphatic carbocycles. The summed E-state index contributed by atoms with van der Waals surface area (Å²) in [6, 6.07) is 11.0. The zero-order valence-electron chi connectivity index (χ0n) is 15.8. The van der Waals surface area contributed by atoms with Gasteiger partial charge in [0.25, 0.3) is 0 Å². The molecule has 154 valence electrons. The quantitative estimate of drug-likeness (QED) is 0.413. The average molecular weight is 445 g/mol. The Kier molecular flexibility index (Phi) is 5.92. The van der Waals surface area contributed by atoms with Crippen LogP contribution in [0.15, 0.2) is 59.5 Å². The molecule has 3 amide bonds. The second-order valence-electron chi connectivity index (χ2n) is 7.13. The molecule has 2 aromatic rings. The summed E-state index contributed by atoms with van der Waals surface area (Å²) in [5.74, 6) is -1.48. The Labute approximate surface area is 182 Å². The number of imide groups is 1. The number of carbonyl (C=O) groups excluding carboxylic acids is 3. The van der Waals surface area contributed by atoms with Gasteiger partial charge in [0, 0.05) is 10.6 Å². The van der Waals surface area contributed by atoms with Crippen LogP contribution in [0.1, 0.15) is 12.8 Å². The molecular formula is C22H18ClFN2O3S. The predicted octanol–water partition coefficient (Wildman–Crippen LogP) is 4.67. The van der Waals surface area contributed by atoms with Crippen molar-refractivity contribution >= 4 is 52.5 Å². The summed E-state index contributed by atoms with van der Waals surface area (Å²) in [6.45, 7) is 0. The van der Waals surface area contributed by atoms with Gasteiger partial charge in [-0.05, 0) is 55.3 Å². The number of amides is 3. The van der Waals surface area contributed by atoms with Crippen molar-refractivity contribution < 1.29 is 18.8 Å². The fourth-order valence-electron chi connectivity index (χ4n) is 3.67. The van der Waals surface area contributed by atoms with E-state index in [1.165, 1.54) is 34.9 Å². The molecule has 2 atom stereocenters. The second kappa shape index (κ2) is 8.62. The smallest absolute Gasteiger partial charge is 0.238 e. The number of nitrogens with one attached hydrogen (secondary N) is 1. The fraction of sp³-hybridized carbons (Fsp3) is 0.227. The van der Waals surface area contributed by atoms with E-state index in [-0.39, 0.29) is 40.3 Å².